The van der Waals surface area contributed by atoms with Gasteiger partial charge in [0.1, 0.15) is 6.61 Å². The lowest BCUT2D eigenvalue weighted by Gasteiger charge is -2.26. The van der Waals surface area contributed by atoms with Crippen LogP contribution in [-0.2, 0) is 16.0 Å². The second kappa shape index (κ2) is 10.6. The number of rotatable bonds is 8. The van der Waals surface area contributed by atoms with Crippen molar-refractivity contribution in [3.8, 4) is 0 Å². The maximum Gasteiger partial charge on any atom is 0.416 e. The number of carbonyl (C=O) groups excluding carboxylic acids is 2. The molecule has 29 heavy (non-hydrogen) atoms. The van der Waals surface area contributed by atoms with E-state index in [9.17, 15) is 9.59 Å². The summed E-state index contributed by atoms with van der Waals surface area (Å²) in [6.07, 6.45) is 13.1. The number of nitrogens with zero attached hydrogens (tertiary/aromatic N) is 1. The molecule has 1 aliphatic carbocycles. The van der Waals surface area contributed by atoms with E-state index in [1.807, 2.05) is 30.3 Å². The SMILES string of the molecule is CC(C)[C@H](C/C=C/CC1CCCCC1)C(=O)N1C(=O)OCC1Cc1ccccc1. The van der Waals surface area contributed by atoms with Crippen LogP contribution >= 0.6 is 0 Å². The predicted octanol–water partition coefficient (Wildman–Crippen LogP) is 5.77. The van der Waals surface area contributed by atoms with Gasteiger partial charge in [-0.25, -0.2) is 9.69 Å². The Hall–Kier alpha value is -2.10. The summed E-state index contributed by atoms with van der Waals surface area (Å²) in [5.41, 5.74) is 1.11. The molecule has 4 nitrogen and oxygen atoms in total. The zero-order valence-electron chi connectivity index (χ0n) is 17.9. The Morgan fingerprint density at radius 1 is 1.14 bits per heavy atom. The van der Waals surface area contributed by atoms with Crippen molar-refractivity contribution in [3.05, 3.63) is 48.0 Å². The van der Waals surface area contributed by atoms with Gasteiger partial charge in [0.2, 0.25) is 5.91 Å². The lowest BCUT2D eigenvalue weighted by atomic mass is 9.86. The second-order valence-electron chi connectivity index (χ2n) is 8.93. The van der Waals surface area contributed by atoms with Gasteiger partial charge in [-0.05, 0) is 36.7 Å². The first-order chi connectivity index (χ1) is 14.1. The third-order valence-corrected chi connectivity index (χ3v) is 6.39. The fraction of sp³-hybridized carbons (Fsp3) is 0.600. The number of hydrogen-bond donors (Lipinski definition) is 0. The Morgan fingerprint density at radius 2 is 1.86 bits per heavy atom. The van der Waals surface area contributed by atoms with Gasteiger partial charge in [-0.1, -0.05) is 88.4 Å². The number of ether oxygens (including phenoxy) is 1. The Bertz CT molecular complexity index is 691. The van der Waals surface area contributed by atoms with Crippen molar-refractivity contribution in [2.24, 2.45) is 17.8 Å². The molecular formula is C25H35NO3. The van der Waals surface area contributed by atoms with Gasteiger partial charge >= 0.3 is 6.09 Å². The number of carbonyl (C=O) groups is 2. The van der Waals surface area contributed by atoms with E-state index in [1.54, 1.807) is 0 Å². The standard InChI is InChI=1S/C25H35NO3/c1-19(2)23(16-10-9-13-20-11-5-3-6-12-20)24(27)26-22(18-29-25(26)28)17-21-14-7-4-8-15-21/h4,7-10,14-15,19-20,22-23H,3,5-6,11-13,16-18H2,1-2H3/b10-9+/t22?,23-/m0/s1. The highest BCUT2D eigenvalue weighted by atomic mass is 16.6. The molecular weight excluding hydrogens is 362 g/mol. The van der Waals surface area contributed by atoms with Crippen LogP contribution in [-0.4, -0.2) is 29.5 Å². The van der Waals surface area contributed by atoms with Crippen molar-refractivity contribution in [2.75, 3.05) is 6.61 Å². The van der Waals surface area contributed by atoms with Crippen molar-refractivity contribution in [3.63, 3.8) is 0 Å². The summed E-state index contributed by atoms with van der Waals surface area (Å²) >= 11 is 0. The molecule has 1 saturated carbocycles. The Labute approximate surface area is 175 Å². The quantitative estimate of drug-likeness (QED) is 0.524. The Kier molecular flexibility index (Phi) is 7.91. The fourth-order valence-corrected chi connectivity index (χ4v) is 4.56. The van der Waals surface area contributed by atoms with Gasteiger partial charge in [0.05, 0.1) is 6.04 Å². The average Bonchev–Trinajstić information content (AvgIpc) is 3.08. The van der Waals surface area contributed by atoms with Crippen LogP contribution in [0.3, 0.4) is 0 Å². The van der Waals surface area contributed by atoms with Gasteiger partial charge in [-0.3, -0.25) is 4.79 Å². The monoisotopic (exact) mass is 397 g/mol. The third kappa shape index (κ3) is 5.94. The van der Waals surface area contributed by atoms with Gasteiger partial charge in [0.15, 0.2) is 0 Å². The molecule has 1 saturated heterocycles. The van der Waals surface area contributed by atoms with E-state index in [-0.39, 0.29) is 30.4 Å². The number of hydrogen-bond acceptors (Lipinski definition) is 3. The molecule has 3 rings (SSSR count). The molecule has 0 bridgehead atoms. The zero-order valence-corrected chi connectivity index (χ0v) is 17.9. The van der Waals surface area contributed by atoms with Crippen LogP contribution in [0.15, 0.2) is 42.5 Å². The van der Waals surface area contributed by atoms with E-state index in [4.69, 9.17) is 4.74 Å². The molecule has 2 amide bonds. The van der Waals surface area contributed by atoms with E-state index in [1.165, 1.54) is 37.0 Å². The largest absolute Gasteiger partial charge is 0.447 e. The van der Waals surface area contributed by atoms with E-state index in [0.29, 0.717) is 12.8 Å². The van der Waals surface area contributed by atoms with Crippen LogP contribution in [0, 0.1) is 17.8 Å². The molecule has 0 radical (unpaired) electrons. The molecule has 1 aromatic carbocycles. The highest BCUT2D eigenvalue weighted by Gasteiger charge is 2.41. The van der Waals surface area contributed by atoms with Crippen molar-refractivity contribution in [2.45, 2.75) is 71.3 Å². The van der Waals surface area contributed by atoms with Crippen molar-refractivity contribution in [1.29, 1.82) is 0 Å². The summed E-state index contributed by atoms with van der Waals surface area (Å²) in [6.45, 7) is 4.40. The lowest BCUT2D eigenvalue weighted by molar-refractivity contribution is -0.134. The summed E-state index contributed by atoms with van der Waals surface area (Å²) in [4.78, 5) is 27.0. The summed E-state index contributed by atoms with van der Waals surface area (Å²) < 4.78 is 5.25. The maximum atomic E-state index is 13.3. The number of imide groups is 1. The van der Waals surface area contributed by atoms with Crippen LogP contribution in [0.5, 0.6) is 0 Å². The van der Waals surface area contributed by atoms with Crippen molar-refractivity contribution in [1.82, 2.24) is 4.90 Å². The van der Waals surface area contributed by atoms with Gasteiger partial charge < -0.3 is 4.74 Å². The minimum Gasteiger partial charge on any atom is -0.447 e. The van der Waals surface area contributed by atoms with Crippen molar-refractivity contribution >= 4 is 12.0 Å². The Morgan fingerprint density at radius 3 is 2.55 bits per heavy atom. The van der Waals surface area contributed by atoms with E-state index >= 15 is 0 Å². The first kappa shape index (κ1) is 21.6. The predicted molar refractivity (Wildman–Crippen MR) is 115 cm³/mol. The van der Waals surface area contributed by atoms with Gasteiger partial charge in [-0.15, -0.1) is 0 Å². The van der Waals surface area contributed by atoms with Crippen LogP contribution in [0.25, 0.3) is 0 Å². The highest BCUT2D eigenvalue weighted by Crippen LogP contribution is 2.28. The first-order valence-electron chi connectivity index (χ1n) is 11.2. The summed E-state index contributed by atoms with van der Waals surface area (Å²) in [6, 6.07) is 9.76. The normalized spacial score (nSPS) is 21.7. The van der Waals surface area contributed by atoms with Crippen LogP contribution in [0.1, 0.15) is 64.4 Å². The second-order valence-corrected chi connectivity index (χ2v) is 8.93. The summed E-state index contributed by atoms with van der Waals surface area (Å²) in [5, 5.41) is 0. The van der Waals surface area contributed by atoms with E-state index < -0.39 is 6.09 Å². The lowest BCUT2D eigenvalue weighted by Crippen LogP contribution is -2.44. The smallest absolute Gasteiger partial charge is 0.416 e. The minimum atomic E-state index is -0.493. The number of benzene rings is 1. The molecule has 0 aromatic heterocycles. The molecule has 4 heteroatoms. The number of cyclic esters (lactones) is 1. The van der Waals surface area contributed by atoms with Crippen LogP contribution in [0.4, 0.5) is 4.79 Å². The van der Waals surface area contributed by atoms with Gasteiger partial charge in [0.25, 0.3) is 0 Å². The first-order valence-corrected chi connectivity index (χ1v) is 11.2. The number of amides is 2. The summed E-state index contributed by atoms with van der Waals surface area (Å²) in [7, 11) is 0. The van der Waals surface area contributed by atoms with Crippen LogP contribution in [0.2, 0.25) is 0 Å². The summed E-state index contributed by atoms with van der Waals surface area (Å²) in [5.74, 6) is 0.692. The molecule has 158 valence electrons. The third-order valence-electron chi connectivity index (χ3n) is 6.39. The molecule has 1 aromatic rings. The fourth-order valence-electron chi connectivity index (χ4n) is 4.56. The van der Waals surface area contributed by atoms with E-state index in [0.717, 1.165) is 17.9 Å². The molecule has 2 atom stereocenters. The topological polar surface area (TPSA) is 46.6 Å². The molecule has 1 heterocycles. The molecule has 2 aliphatic rings. The molecule has 2 fully saturated rings. The van der Waals surface area contributed by atoms with Crippen molar-refractivity contribution < 1.29 is 14.3 Å². The van der Waals surface area contributed by atoms with Gasteiger partial charge in [-0.2, -0.15) is 0 Å². The molecule has 1 unspecified atom stereocenters. The zero-order chi connectivity index (χ0) is 20.6. The Balaban J connectivity index is 1.61. The molecule has 0 N–H and O–H groups in total. The maximum absolute atomic E-state index is 13.3. The molecule has 1 aliphatic heterocycles. The van der Waals surface area contributed by atoms with Crippen LogP contribution < -0.4 is 0 Å². The van der Waals surface area contributed by atoms with E-state index in [2.05, 4.69) is 26.0 Å². The average molecular weight is 398 g/mol. The molecule has 0 spiro atoms. The number of allylic oxidation sites excluding steroid dienone is 2. The van der Waals surface area contributed by atoms with Gasteiger partial charge in [0, 0.05) is 5.92 Å². The minimum absolute atomic E-state index is 0.0919. The highest BCUT2D eigenvalue weighted by molar-refractivity contribution is 5.95.